The molecule has 0 aliphatic heterocycles. The first-order chi connectivity index (χ1) is 8.97. The highest BCUT2D eigenvalue weighted by molar-refractivity contribution is 14.1. The van der Waals surface area contributed by atoms with Crippen LogP contribution in [0.2, 0.25) is 5.02 Å². The van der Waals surface area contributed by atoms with Crippen LogP contribution in [-0.4, -0.2) is 5.91 Å². The summed E-state index contributed by atoms with van der Waals surface area (Å²) in [4.78, 5) is 11.9. The van der Waals surface area contributed by atoms with E-state index in [1.54, 1.807) is 18.2 Å². The van der Waals surface area contributed by atoms with E-state index in [4.69, 9.17) is 11.6 Å². The smallest absolute Gasteiger partial charge is 0.255 e. The SMILES string of the molecule is O=C(Nc1ccc(F)c(F)c1)c1ccc(Cl)c(I)c1. The average Bonchev–Trinajstić information content (AvgIpc) is 2.37. The van der Waals surface area contributed by atoms with E-state index in [0.717, 1.165) is 15.7 Å². The van der Waals surface area contributed by atoms with Gasteiger partial charge in [-0.15, -0.1) is 0 Å². The molecule has 0 aromatic heterocycles. The molecule has 2 rings (SSSR count). The van der Waals surface area contributed by atoms with Crippen molar-refractivity contribution >= 4 is 45.8 Å². The molecule has 2 aromatic carbocycles. The first-order valence-electron chi connectivity index (χ1n) is 5.19. The van der Waals surface area contributed by atoms with Crippen LogP contribution in [0.4, 0.5) is 14.5 Å². The minimum absolute atomic E-state index is 0.189. The van der Waals surface area contributed by atoms with Crippen molar-refractivity contribution in [2.75, 3.05) is 5.32 Å². The van der Waals surface area contributed by atoms with Crippen LogP contribution >= 0.6 is 34.2 Å². The molecule has 0 fully saturated rings. The van der Waals surface area contributed by atoms with E-state index in [1.165, 1.54) is 6.07 Å². The molecule has 0 aliphatic carbocycles. The number of hydrogen-bond donors (Lipinski definition) is 1. The maximum atomic E-state index is 13.0. The number of carbonyl (C=O) groups is 1. The van der Waals surface area contributed by atoms with Gasteiger partial charge in [-0.2, -0.15) is 0 Å². The van der Waals surface area contributed by atoms with Gasteiger partial charge in [-0.1, -0.05) is 11.6 Å². The minimum Gasteiger partial charge on any atom is -0.322 e. The highest BCUT2D eigenvalue weighted by atomic mass is 127. The van der Waals surface area contributed by atoms with Crippen LogP contribution < -0.4 is 5.32 Å². The fraction of sp³-hybridized carbons (Fsp3) is 0. The molecule has 0 saturated heterocycles. The van der Waals surface area contributed by atoms with Gasteiger partial charge in [0.15, 0.2) is 11.6 Å². The van der Waals surface area contributed by atoms with Gasteiger partial charge in [0.1, 0.15) is 0 Å². The fourth-order valence-electron chi connectivity index (χ4n) is 1.41. The van der Waals surface area contributed by atoms with Gasteiger partial charge in [-0.25, -0.2) is 8.78 Å². The van der Waals surface area contributed by atoms with E-state index < -0.39 is 17.5 Å². The van der Waals surface area contributed by atoms with E-state index >= 15 is 0 Å². The van der Waals surface area contributed by atoms with Gasteiger partial charge < -0.3 is 5.32 Å². The van der Waals surface area contributed by atoms with Crippen LogP contribution in [0.3, 0.4) is 0 Å². The lowest BCUT2D eigenvalue weighted by Crippen LogP contribution is -2.12. The van der Waals surface area contributed by atoms with Gasteiger partial charge in [0.2, 0.25) is 0 Å². The molecular weight excluding hydrogens is 387 g/mol. The predicted octanol–water partition coefficient (Wildman–Crippen LogP) is 4.48. The number of hydrogen-bond acceptors (Lipinski definition) is 1. The highest BCUT2D eigenvalue weighted by Gasteiger charge is 2.09. The predicted molar refractivity (Wildman–Crippen MR) is 78.5 cm³/mol. The van der Waals surface area contributed by atoms with Crippen molar-refractivity contribution in [3.8, 4) is 0 Å². The molecule has 2 aromatic rings. The van der Waals surface area contributed by atoms with Crippen molar-refractivity contribution in [2.45, 2.75) is 0 Å². The van der Waals surface area contributed by atoms with Crippen molar-refractivity contribution in [3.63, 3.8) is 0 Å². The largest absolute Gasteiger partial charge is 0.322 e. The summed E-state index contributed by atoms with van der Waals surface area (Å²) < 4.78 is 26.5. The van der Waals surface area contributed by atoms with E-state index in [2.05, 4.69) is 5.32 Å². The zero-order chi connectivity index (χ0) is 14.0. The third-order valence-corrected chi connectivity index (χ3v) is 3.90. The molecule has 0 aliphatic rings. The Hall–Kier alpha value is -1.21. The first kappa shape index (κ1) is 14.2. The Labute approximate surface area is 126 Å². The molecule has 2 nitrogen and oxygen atoms in total. The molecule has 6 heteroatoms. The van der Waals surface area contributed by atoms with Gasteiger partial charge in [0, 0.05) is 20.9 Å². The Morgan fingerprint density at radius 1 is 1.11 bits per heavy atom. The molecule has 0 radical (unpaired) electrons. The van der Waals surface area contributed by atoms with Crippen LogP contribution in [0, 0.1) is 15.2 Å². The number of amides is 1. The molecule has 98 valence electrons. The zero-order valence-corrected chi connectivity index (χ0v) is 12.3. The molecule has 0 bridgehead atoms. The summed E-state index contributed by atoms with van der Waals surface area (Å²) in [6.07, 6.45) is 0. The molecular formula is C13H7ClF2INO. The second kappa shape index (κ2) is 5.83. The summed E-state index contributed by atoms with van der Waals surface area (Å²) in [5.74, 6) is -2.39. The molecule has 0 unspecified atom stereocenters. The Balaban J connectivity index is 2.20. The van der Waals surface area contributed by atoms with Gasteiger partial charge in [-0.05, 0) is 52.9 Å². The third-order valence-electron chi connectivity index (χ3n) is 2.36. The summed E-state index contributed by atoms with van der Waals surface area (Å²) in [5.41, 5.74) is 0.576. The van der Waals surface area contributed by atoms with Crippen molar-refractivity contribution in [1.29, 1.82) is 0 Å². The van der Waals surface area contributed by atoms with Crippen molar-refractivity contribution in [2.24, 2.45) is 0 Å². The van der Waals surface area contributed by atoms with E-state index in [9.17, 15) is 13.6 Å². The average molecular weight is 394 g/mol. The van der Waals surface area contributed by atoms with E-state index in [1.807, 2.05) is 22.6 Å². The highest BCUT2D eigenvalue weighted by Crippen LogP contribution is 2.20. The Kier molecular flexibility index (Phi) is 4.36. The van der Waals surface area contributed by atoms with Crippen molar-refractivity contribution < 1.29 is 13.6 Å². The summed E-state index contributed by atoms with van der Waals surface area (Å²) in [7, 11) is 0. The number of rotatable bonds is 2. The molecule has 19 heavy (non-hydrogen) atoms. The maximum absolute atomic E-state index is 13.0. The summed E-state index contributed by atoms with van der Waals surface area (Å²) in [6.45, 7) is 0. The normalized spacial score (nSPS) is 10.3. The number of carbonyl (C=O) groups excluding carboxylic acids is 1. The third kappa shape index (κ3) is 3.42. The molecule has 0 atom stereocenters. The molecule has 0 heterocycles. The van der Waals surface area contributed by atoms with Gasteiger partial charge >= 0.3 is 0 Å². The lowest BCUT2D eigenvalue weighted by atomic mass is 10.2. The zero-order valence-electron chi connectivity index (χ0n) is 9.38. The maximum Gasteiger partial charge on any atom is 0.255 e. The number of halogens is 4. The minimum atomic E-state index is -1.01. The van der Waals surface area contributed by atoms with E-state index in [-0.39, 0.29) is 5.69 Å². The molecule has 0 saturated carbocycles. The summed E-state index contributed by atoms with van der Waals surface area (Å²) in [5, 5.41) is 3.03. The monoisotopic (exact) mass is 393 g/mol. The van der Waals surface area contributed by atoms with Crippen LogP contribution in [-0.2, 0) is 0 Å². The summed E-state index contributed by atoms with van der Waals surface area (Å²) in [6, 6.07) is 7.93. The number of nitrogens with one attached hydrogen (secondary N) is 1. The van der Waals surface area contributed by atoms with Crippen molar-refractivity contribution in [3.05, 3.63) is 62.2 Å². The molecule has 1 N–H and O–H groups in total. The van der Waals surface area contributed by atoms with Gasteiger partial charge in [0.05, 0.1) is 5.02 Å². The lowest BCUT2D eigenvalue weighted by Gasteiger charge is -2.06. The molecule has 1 amide bonds. The standard InChI is InChI=1S/C13H7ClF2INO/c14-9-3-1-7(5-12(9)17)13(19)18-8-2-4-10(15)11(16)6-8/h1-6H,(H,18,19). The number of anilines is 1. The van der Waals surface area contributed by atoms with Gasteiger partial charge in [0.25, 0.3) is 5.91 Å². The van der Waals surface area contributed by atoms with E-state index in [0.29, 0.717) is 10.6 Å². The Morgan fingerprint density at radius 3 is 2.47 bits per heavy atom. The fourth-order valence-corrected chi connectivity index (χ4v) is 2.05. The lowest BCUT2D eigenvalue weighted by molar-refractivity contribution is 0.102. The van der Waals surface area contributed by atoms with Crippen LogP contribution in [0.25, 0.3) is 0 Å². The first-order valence-corrected chi connectivity index (χ1v) is 6.64. The Morgan fingerprint density at radius 2 is 1.84 bits per heavy atom. The second-order valence-corrected chi connectivity index (χ2v) is 5.28. The van der Waals surface area contributed by atoms with Crippen LogP contribution in [0.1, 0.15) is 10.4 Å². The summed E-state index contributed by atoms with van der Waals surface area (Å²) >= 11 is 7.86. The second-order valence-electron chi connectivity index (χ2n) is 3.71. The van der Waals surface area contributed by atoms with Crippen LogP contribution in [0.15, 0.2) is 36.4 Å². The Bertz CT molecular complexity index is 649. The van der Waals surface area contributed by atoms with Crippen LogP contribution in [0.5, 0.6) is 0 Å². The topological polar surface area (TPSA) is 29.1 Å². The van der Waals surface area contributed by atoms with Crippen molar-refractivity contribution in [1.82, 2.24) is 0 Å². The number of benzene rings is 2. The van der Waals surface area contributed by atoms with Gasteiger partial charge in [-0.3, -0.25) is 4.79 Å². The molecule has 0 spiro atoms. The quantitative estimate of drug-likeness (QED) is 0.749.